The van der Waals surface area contributed by atoms with E-state index in [0.717, 1.165) is 21.3 Å². The Balaban J connectivity index is 2.07. The molecule has 0 aliphatic rings. The van der Waals surface area contributed by atoms with Gasteiger partial charge in [0.2, 0.25) is 0 Å². The van der Waals surface area contributed by atoms with Crippen molar-refractivity contribution >= 4 is 15.9 Å². The van der Waals surface area contributed by atoms with Crippen molar-refractivity contribution in [2.24, 2.45) is 5.73 Å². The Labute approximate surface area is 109 Å². The Hall–Kier alpha value is -1.39. The molecule has 0 fully saturated rings. The molecule has 0 bridgehead atoms. The Morgan fingerprint density at radius 3 is 2.82 bits per heavy atom. The van der Waals surface area contributed by atoms with Gasteiger partial charge in [0.1, 0.15) is 12.4 Å². The lowest BCUT2D eigenvalue weighted by atomic mass is 10.2. The number of benzene rings is 1. The van der Waals surface area contributed by atoms with Gasteiger partial charge in [0.15, 0.2) is 0 Å². The second kappa shape index (κ2) is 5.80. The van der Waals surface area contributed by atoms with Crippen LogP contribution < -0.4 is 10.5 Å². The van der Waals surface area contributed by atoms with Crippen molar-refractivity contribution in [3.05, 3.63) is 58.3 Å². The summed E-state index contributed by atoms with van der Waals surface area (Å²) in [5.74, 6) is 0.829. The number of pyridine rings is 1. The second-order valence-corrected chi connectivity index (χ2v) is 4.53. The average Bonchev–Trinajstić information content (AvgIpc) is 2.37. The molecule has 2 N–H and O–H groups in total. The highest BCUT2D eigenvalue weighted by atomic mass is 79.9. The van der Waals surface area contributed by atoms with Gasteiger partial charge in [-0.1, -0.05) is 18.2 Å². The van der Waals surface area contributed by atoms with Crippen LogP contribution in [0.15, 0.2) is 47.2 Å². The third-order valence-electron chi connectivity index (χ3n) is 2.35. The van der Waals surface area contributed by atoms with E-state index in [1.54, 1.807) is 12.4 Å². The molecule has 2 aromatic rings. The zero-order valence-corrected chi connectivity index (χ0v) is 10.9. The SMILES string of the molecule is NCc1ccccc1OCc1cncc(Br)c1. The summed E-state index contributed by atoms with van der Waals surface area (Å²) in [4.78, 5) is 4.09. The Morgan fingerprint density at radius 1 is 1.24 bits per heavy atom. The van der Waals surface area contributed by atoms with Crippen LogP contribution in [0.25, 0.3) is 0 Å². The minimum Gasteiger partial charge on any atom is -0.489 e. The first-order valence-corrected chi connectivity index (χ1v) is 6.09. The van der Waals surface area contributed by atoms with Gasteiger partial charge in [0.25, 0.3) is 0 Å². The van der Waals surface area contributed by atoms with Gasteiger partial charge in [-0.05, 0) is 28.1 Å². The van der Waals surface area contributed by atoms with E-state index in [2.05, 4.69) is 20.9 Å². The van der Waals surface area contributed by atoms with E-state index in [-0.39, 0.29) is 0 Å². The van der Waals surface area contributed by atoms with Crippen LogP contribution in [-0.2, 0) is 13.2 Å². The highest BCUT2D eigenvalue weighted by Crippen LogP contribution is 2.19. The quantitative estimate of drug-likeness (QED) is 0.943. The number of nitrogens with zero attached hydrogens (tertiary/aromatic N) is 1. The van der Waals surface area contributed by atoms with Crippen molar-refractivity contribution in [2.75, 3.05) is 0 Å². The van der Waals surface area contributed by atoms with Crippen LogP contribution in [0.5, 0.6) is 5.75 Å². The lowest BCUT2D eigenvalue weighted by Gasteiger charge is -2.10. The average molecular weight is 293 g/mol. The lowest BCUT2D eigenvalue weighted by molar-refractivity contribution is 0.302. The fourth-order valence-electron chi connectivity index (χ4n) is 1.51. The second-order valence-electron chi connectivity index (χ2n) is 3.61. The first kappa shape index (κ1) is 12.1. The van der Waals surface area contributed by atoms with E-state index < -0.39 is 0 Å². The van der Waals surface area contributed by atoms with E-state index in [1.165, 1.54) is 0 Å². The highest BCUT2D eigenvalue weighted by molar-refractivity contribution is 9.10. The number of rotatable bonds is 4. The Bertz CT molecular complexity index is 502. The molecule has 0 amide bonds. The normalized spacial score (nSPS) is 10.2. The molecule has 0 saturated heterocycles. The number of ether oxygens (including phenoxy) is 1. The lowest BCUT2D eigenvalue weighted by Crippen LogP contribution is -2.02. The van der Waals surface area contributed by atoms with Crippen LogP contribution in [0.2, 0.25) is 0 Å². The highest BCUT2D eigenvalue weighted by Gasteiger charge is 2.01. The largest absolute Gasteiger partial charge is 0.489 e. The smallest absolute Gasteiger partial charge is 0.124 e. The number of hydrogen-bond acceptors (Lipinski definition) is 3. The summed E-state index contributed by atoms with van der Waals surface area (Å²) in [6, 6.07) is 9.77. The molecule has 17 heavy (non-hydrogen) atoms. The molecule has 1 aromatic heterocycles. The summed E-state index contributed by atoms with van der Waals surface area (Å²) in [5, 5.41) is 0. The molecule has 0 spiro atoms. The summed E-state index contributed by atoms with van der Waals surface area (Å²) in [7, 11) is 0. The monoisotopic (exact) mass is 292 g/mol. The van der Waals surface area contributed by atoms with Crippen LogP contribution in [-0.4, -0.2) is 4.98 Å². The summed E-state index contributed by atoms with van der Waals surface area (Å²) in [6.45, 7) is 0.969. The maximum absolute atomic E-state index is 5.73. The summed E-state index contributed by atoms with van der Waals surface area (Å²) in [5.41, 5.74) is 7.67. The summed E-state index contributed by atoms with van der Waals surface area (Å²) >= 11 is 3.38. The van der Waals surface area contributed by atoms with Crippen molar-refractivity contribution in [2.45, 2.75) is 13.2 Å². The molecule has 0 radical (unpaired) electrons. The molecular weight excluding hydrogens is 280 g/mol. The van der Waals surface area contributed by atoms with E-state index in [4.69, 9.17) is 10.5 Å². The maximum atomic E-state index is 5.73. The van der Waals surface area contributed by atoms with Crippen LogP contribution >= 0.6 is 15.9 Å². The van der Waals surface area contributed by atoms with Gasteiger partial charge >= 0.3 is 0 Å². The van der Waals surface area contributed by atoms with Crippen LogP contribution in [0.3, 0.4) is 0 Å². The van der Waals surface area contributed by atoms with E-state index in [1.807, 2.05) is 30.3 Å². The molecule has 0 atom stereocenters. The molecule has 3 nitrogen and oxygen atoms in total. The topological polar surface area (TPSA) is 48.1 Å². The van der Waals surface area contributed by atoms with E-state index >= 15 is 0 Å². The molecule has 1 aromatic carbocycles. The van der Waals surface area contributed by atoms with Crippen molar-refractivity contribution in [1.82, 2.24) is 4.98 Å². The maximum Gasteiger partial charge on any atom is 0.124 e. The van der Waals surface area contributed by atoms with Gasteiger partial charge in [-0.25, -0.2) is 0 Å². The zero-order chi connectivity index (χ0) is 12.1. The third kappa shape index (κ3) is 3.28. The van der Waals surface area contributed by atoms with Gasteiger partial charge in [-0.3, -0.25) is 4.98 Å². The molecule has 0 unspecified atom stereocenters. The van der Waals surface area contributed by atoms with Crippen molar-refractivity contribution in [3.8, 4) is 5.75 Å². The van der Waals surface area contributed by atoms with Crippen LogP contribution in [0.4, 0.5) is 0 Å². The first-order chi connectivity index (χ1) is 8.29. The first-order valence-electron chi connectivity index (χ1n) is 5.30. The molecule has 2 rings (SSSR count). The van der Waals surface area contributed by atoms with Crippen LogP contribution in [0.1, 0.15) is 11.1 Å². The van der Waals surface area contributed by atoms with Crippen molar-refractivity contribution < 1.29 is 4.74 Å². The van der Waals surface area contributed by atoms with Gasteiger partial charge < -0.3 is 10.5 Å². The number of aromatic nitrogens is 1. The Morgan fingerprint density at radius 2 is 2.06 bits per heavy atom. The standard InChI is InChI=1S/C13H13BrN2O/c14-12-5-10(7-16-8-12)9-17-13-4-2-1-3-11(13)6-15/h1-5,7-8H,6,9,15H2. The fourth-order valence-corrected chi connectivity index (χ4v) is 1.92. The summed E-state index contributed by atoms with van der Waals surface area (Å²) < 4.78 is 6.68. The van der Waals surface area contributed by atoms with Crippen molar-refractivity contribution in [1.29, 1.82) is 0 Å². The number of nitrogens with two attached hydrogens (primary N) is 1. The molecular formula is C13H13BrN2O. The predicted octanol–water partition coefficient (Wildman–Crippen LogP) is 2.88. The minimum atomic E-state index is 0.479. The molecule has 0 saturated carbocycles. The third-order valence-corrected chi connectivity index (χ3v) is 2.78. The number of hydrogen-bond donors (Lipinski definition) is 1. The number of halogens is 1. The van der Waals surface area contributed by atoms with E-state index in [9.17, 15) is 0 Å². The zero-order valence-electron chi connectivity index (χ0n) is 9.27. The van der Waals surface area contributed by atoms with E-state index in [0.29, 0.717) is 13.2 Å². The fraction of sp³-hybridized carbons (Fsp3) is 0.154. The molecule has 88 valence electrons. The number of para-hydroxylation sites is 1. The van der Waals surface area contributed by atoms with Crippen LogP contribution in [0, 0.1) is 0 Å². The predicted molar refractivity (Wildman–Crippen MR) is 70.6 cm³/mol. The van der Waals surface area contributed by atoms with Gasteiger partial charge in [-0.2, -0.15) is 0 Å². The minimum absolute atomic E-state index is 0.479. The molecule has 0 aliphatic carbocycles. The van der Waals surface area contributed by atoms with Gasteiger partial charge in [0, 0.05) is 34.5 Å². The van der Waals surface area contributed by atoms with Gasteiger partial charge in [0.05, 0.1) is 0 Å². The molecule has 4 heteroatoms. The van der Waals surface area contributed by atoms with Gasteiger partial charge in [-0.15, -0.1) is 0 Å². The Kier molecular flexibility index (Phi) is 4.12. The molecule has 0 aliphatic heterocycles. The molecule has 1 heterocycles. The van der Waals surface area contributed by atoms with Crippen molar-refractivity contribution in [3.63, 3.8) is 0 Å². The summed E-state index contributed by atoms with van der Waals surface area (Å²) in [6.07, 6.45) is 3.53.